The summed E-state index contributed by atoms with van der Waals surface area (Å²) >= 11 is 9.16. The van der Waals surface area contributed by atoms with E-state index in [1.807, 2.05) is 72.8 Å². The van der Waals surface area contributed by atoms with E-state index < -0.39 is 7.12 Å². The number of hydrogen-bond acceptors (Lipinski definition) is 4. The van der Waals surface area contributed by atoms with Crippen LogP contribution in [0.25, 0.3) is 209 Å². The molecule has 2 heterocycles. The summed E-state index contributed by atoms with van der Waals surface area (Å²) < 4.78 is 15.5. The summed E-state index contributed by atoms with van der Waals surface area (Å²) in [5, 5.41) is 34.4. The molecule has 4 nitrogen and oxygen atoms in total. The van der Waals surface area contributed by atoms with Gasteiger partial charge in [0.05, 0.1) is 0 Å². The van der Waals surface area contributed by atoms with Crippen LogP contribution in [0.1, 0.15) is 0 Å². The van der Waals surface area contributed by atoms with Gasteiger partial charge in [0, 0.05) is 34.1 Å². The molecule has 0 fully saturated rings. The molecule has 114 heavy (non-hydrogen) atoms. The van der Waals surface area contributed by atoms with Gasteiger partial charge in [0.1, 0.15) is 22.3 Å². The first-order chi connectivity index (χ1) is 56.1. The van der Waals surface area contributed by atoms with Crippen molar-refractivity contribution in [3.63, 3.8) is 0 Å². The summed E-state index contributed by atoms with van der Waals surface area (Å²) in [6.45, 7) is 0. The Labute approximate surface area is 690 Å². The summed E-state index contributed by atoms with van der Waals surface area (Å²) in [4.78, 5) is 0. The SMILES string of the molecule is Brc1cccc(-c2ccc3oc4ccccc4c3c2)c1.Brc1cccc(I)c1.OB(O)c1ccc2c3c(cccc13)-c1c-2c(-c2ccccc2)c2ccccc2c1-c1ccccc1.c1ccc(-c2c3c(c(-c4ccccc4)c4ccccc24)-c2ccc(-c4cccc(-c5ccc6oc7ccccc7c6c5)c4)c4cccc-3c24)cc1. The quantitative estimate of drug-likeness (QED) is 0.118. The third-order valence-electron chi connectivity index (χ3n) is 22.4. The van der Waals surface area contributed by atoms with Crippen molar-refractivity contribution in [2.24, 2.45) is 0 Å². The number of furan rings is 2. The number of halogens is 3. The summed E-state index contributed by atoms with van der Waals surface area (Å²) in [5.41, 5.74) is 31.3. The van der Waals surface area contributed by atoms with Crippen LogP contribution in [0.3, 0.4) is 0 Å². The van der Waals surface area contributed by atoms with Crippen molar-refractivity contribution in [3.05, 3.63) is 401 Å². The van der Waals surface area contributed by atoms with E-state index in [1.54, 1.807) is 0 Å². The van der Waals surface area contributed by atoms with E-state index >= 15 is 0 Å². The van der Waals surface area contributed by atoms with Crippen molar-refractivity contribution < 1.29 is 18.9 Å². The zero-order chi connectivity index (χ0) is 76.5. The van der Waals surface area contributed by atoms with Crippen LogP contribution in [-0.4, -0.2) is 17.2 Å². The first-order valence-electron chi connectivity index (χ1n) is 38.1. The average Bonchev–Trinajstić information content (AvgIpc) is 1.54. The predicted octanol–water partition coefficient (Wildman–Crippen LogP) is 29.9. The minimum atomic E-state index is -1.52. The van der Waals surface area contributed by atoms with Gasteiger partial charge in [-0.2, -0.15) is 0 Å². The summed E-state index contributed by atoms with van der Waals surface area (Å²) in [6, 6.07) is 137. The van der Waals surface area contributed by atoms with Crippen LogP contribution in [0.5, 0.6) is 0 Å². The number of para-hydroxylation sites is 2. The van der Waals surface area contributed by atoms with Crippen molar-refractivity contribution >= 4 is 154 Å². The minimum absolute atomic E-state index is 0.533. The number of rotatable bonds is 8. The summed E-state index contributed by atoms with van der Waals surface area (Å²) in [5.74, 6) is 0. The van der Waals surface area contributed by atoms with Gasteiger partial charge in [0.2, 0.25) is 0 Å². The Bertz CT molecular complexity index is 7160. The van der Waals surface area contributed by atoms with Gasteiger partial charge in [-0.25, -0.2) is 0 Å². The highest BCUT2D eigenvalue weighted by Gasteiger charge is 2.34. The van der Waals surface area contributed by atoms with Gasteiger partial charge in [0.25, 0.3) is 0 Å². The van der Waals surface area contributed by atoms with E-state index in [1.165, 1.54) is 153 Å². The standard InChI is InChI=1S/C50H30O.C32H21BO2.C18H11BrO.C6H4BrI/c1-3-13-31(14-4-1)46-39-20-7-8-21-40(39)47(32-15-5-2-6-16-32)50-42-27-26-36(38-22-12-23-41(48(38)42)49(46)50)35-18-11-17-33(29-35)34-25-28-45-43(30-34)37-19-9-10-24-44(37)51-45;34-33(35)27-19-18-26-30-24(27)16-9-17-25(30)31-28(20-10-3-1-4-11-20)22-14-7-8-15-23(22)29(32(26)31)21-12-5-2-6-13-21;19-14-5-3-4-12(10-14)13-8-9-18-16(11-13)15-6-1-2-7-17(15)20-18;7-5-2-1-3-6(8)4-5/h1-30H;1-19,34-35H;1-11H;1-4H. The topological polar surface area (TPSA) is 66.7 Å². The van der Waals surface area contributed by atoms with Crippen LogP contribution in [0.2, 0.25) is 0 Å². The van der Waals surface area contributed by atoms with E-state index in [4.69, 9.17) is 8.83 Å². The molecule has 8 heteroatoms. The molecule has 0 saturated heterocycles. The zero-order valence-corrected chi connectivity index (χ0v) is 66.7. The van der Waals surface area contributed by atoms with E-state index in [-0.39, 0.29) is 0 Å². The van der Waals surface area contributed by atoms with Gasteiger partial charge in [-0.1, -0.05) is 347 Å². The van der Waals surface area contributed by atoms with Crippen molar-refractivity contribution in [1.82, 2.24) is 0 Å². The molecule has 2 aliphatic rings. The fraction of sp³-hybridized carbons (Fsp3) is 0. The molecular weight excluding hydrogens is 1630 g/mol. The third kappa shape index (κ3) is 12.5. The van der Waals surface area contributed by atoms with Crippen LogP contribution in [0.15, 0.2) is 406 Å². The van der Waals surface area contributed by atoms with E-state index in [0.717, 1.165) is 69.3 Å². The second kappa shape index (κ2) is 29.9. The van der Waals surface area contributed by atoms with Crippen LogP contribution >= 0.6 is 54.5 Å². The Morgan fingerprint density at radius 2 is 0.526 bits per heavy atom. The maximum Gasteiger partial charge on any atom is 0.489 e. The van der Waals surface area contributed by atoms with Gasteiger partial charge in [-0.3, -0.25) is 0 Å². The Hall–Kier alpha value is -12.5. The van der Waals surface area contributed by atoms with Crippen molar-refractivity contribution in [1.29, 1.82) is 0 Å². The Morgan fingerprint density at radius 3 is 0.956 bits per heavy atom. The molecule has 19 aromatic carbocycles. The Kier molecular flexibility index (Phi) is 18.5. The average molecular weight is 1700 g/mol. The molecular formula is C106H66BBr2IO4. The fourth-order valence-corrected chi connectivity index (χ4v) is 19.3. The summed E-state index contributed by atoms with van der Waals surface area (Å²) in [6.07, 6.45) is 0. The van der Waals surface area contributed by atoms with Crippen LogP contribution in [0, 0.1) is 3.57 Å². The lowest BCUT2D eigenvalue weighted by Crippen LogP contribution is -2.30. The number of benzene rings is 19. The largest absolute Gasteiger partial charge is 0.489 e. The lowest BCUT2D eigenvalue weighted by atomic mass is 9.76. The monoisotopic (exact) mass is 1700 g/mol. The zero-order valence-electron chi connectivity index (χ0n) is 61.4. The molecule has 21 aromatic rings. The molecule has 2 aliphatic carbocycles. The van der Waals surface area contributed by atoms with Crippen molar-refractivity contribution in [2.45, 2.75) is 0 Å². The number of hydrogen-bond donors (Lipinski definition) is 2. The second-order valence-corrected chi connectivity index (χ2v) is 32.0. The Balaban J connectivity index is 0.000000114. The molecule has 23 rings (SSSR count). The molecule has 0 saturated carbocycles. The van der Waals surface area contributed by atoms with Gasteiger partial charge in [0.15, 0.2) is 0 Å². The van der Waals surface area contributed by atoms with Crippen molar-refractivity contribution in [3.8, 4) is 122 Å². The molecule has 0 unspecified atom stereocenters. The van der Waals surface area contributed by atoms with E-state index in [2.05, 4.69) is 370 Å². The molecule has 0 radical (unpaired) electrons. The highest BCUT2D eigenvalue weighted by molar-refractivity contribution is 14.1. The molecule has 0 aliphatic heterocycles. The van der Waals surface area contributed by atoms with Crippen LogP contribution in [0.4, 0.5) is 0 Å². The first kappa shape index (κ1) is 70.6. The predicted molar refractivity (Wildman–Crippen MR) is 495 cm³/mol. The smallest absolute Gasteiger partial charge is 0.456 e. The maximum atomic E-state index is 10.1. The molecule has 2 aromatic heterocycles. The van der Waals surface area contributed by atoms with E-state index in [0.29, 0.717) is 5.46 Å². The van der Waals surface area contributed by atoms with Gasteiger partial charge >= 0.3 is 7.12 Å². The van der Waals surface area contributed by atoms with Crippen molar-refractivity contribution in [2.75, 3.05) is 0 Å². The van der Waals surface area contributed by atoms with Crippen LogP contribution in [-0.2, 0) is 0 Å². The van der Waals surface area contributed by atoms with Gasteiger partial charge < -0.3 is 18.9 Å². The van der Waals surface area contributed by atoms with E-state index in [9.17, 15) is 10.0 Å². The third-order valence-corrected chi connectivity index (χ3v) is 24.0. The molecule has 0 amide bonds. The van der Waals surface area contributed by atoms with Gasteiger partial charge in [-0.05, 0) is 266 Å². The molecule has 538 valence electrons. The fourth-order valence-electron chi connectivity index (χ4n) is 17.5. The normalized spacial score (nSPS) is 11.6. The lowest BCUT2D eigenvalue weighted by Gasteiger charge is -2.20. The molecule has 0 atom stereocenters. The van der Waals surface area contributed by atoms with Crippen LogP contribution < -0.4 is 5.46 Å². The summed E-state index contributed by atoms with van der Waals surface area (Å²) in [7, 11) is -1.52. The lowest BCUT2D eigenvalue weighted by molar-refractivity contribution is 0.426. The minimum Gasteiger partial charge on any atom is -0.456 e. The highest BCUT2D eigenvalue weighted by atomic mass is 127. The number of fused-ring (bicyclic) bond motifs is 14. The Morgan fingerprint density at radius 1 is 0.211 bits per heavy atom. The molecule has 2 N–H and O–H groups in total. The van der Waals surface area contributed by atoms with Gasteiger partial charge in [-0.15, -0.1) is 0 Å². The maximum absolute atomic E-state index is 10.1. The first-order valence-corrected chi connectivity index (χ1v) is 40.8. The molecule has 0 bridgehead atoms. The highest BCUT2D eigenvalue weighted by Crippen LogP contribution is 2.60. The second-order valence-electron chi connectivity index (χ2n) is 28.9. The molecule has 0 spiro atoms.